The molecule has 1 aromatic heterocycles. The van der Waals surface area contributed by atoms with Crippen LogP contribution >= 0.6 is 24.0 Å². The molecule has 1 atom stereocenters. The molecule has 0 bridgehead atoms. The first kappa shape index (κ1) is 26.8. The highest BCUT2D eigenvalue weighted by atomic mass is 127. The predicted molar refractivity (Wildman–Crippen MR) is 143 cm³/mol. The van der Waals surface area contributed by atoms with E-state index in [-0.39, 0.29) is 29.9 Å². The van der Waals surface area contributed by atoms with Crippen molar-refractivity contribution >= 4 is 41.7 Å². The van der Waals surface area contributed by atoms with Gasteiger partial charge in [-0.25, -0.2) is 4.98 Å². The molecule has 3 rings (SSSR count). The standard InChI is InChI=1S/C24H34N6O2.HI/c1-2-25-24(27-14-11-21(31)20-8-4-3-5-9-20)28-15-12-23(32)30-18-16-29(17-19-30)22-10-6-7-13-26-22;/h3-10,13,21,31H,2,11-12,14-19H2,1H3,(H2,25,27,28);1H. The quantitative estimate of drug-likeness (QED) is 0.246. The van der Waals surface area contributed by atoms with Gasteiger partial charge in [0.2, 0.25) is 5.91 Å². The Bertz CT molecular complexity index is 845. The number of halogens is 1. The first-order valence-corrected chi connectivity index (χ1v) is 11.4. The molecule has 1 aliphatic heterocycles. The number of piperazine rings is 1. The third-order valence-electron chi connectivity index (χ3n) is 5.44. The number of pyridine rings is 1. The van der Waals surface area contributed by atoms with Crippen LogP contribution in [0.25, 0.3) is 0 Å². The number of carbonyl (C=O) groups excluding carboxylic acids is 1. The molecule has 0 spiro atoms. The van der Waals surface area contributed by atoms with Crippen molar-refractivity contribution in [1.29, 1.82) is 0 Å². The maximum Gasteiger partial charge on any atom is 0.224 e. The Hall–Kier alpha value is -2.40. The summed E-state index contributed by atoms with van der Waals surface area (Å²) in [6.45, 7) is 6.76. The smallest absolute Gasteiger partial charge is 0.224 e. The van der Waals surface area contributed by atoms with Crippen molar-refractivity contribution in [2.75, 3.05) is 50.7 Å². The van der Waals surface area contributed by atoms with Crippen LogP contribution in [0.5, 0.6) is 0 Å². The number of aliphatic hydroxyl groups is 1. The second-order valence-corrected chi connectivity index (χ2v) is 7.71. The van der Waals surface area contributed by atoms with Gasteiger partial charge < -0.3 is 25.5 Å². The Morgan fingerprint density at radius 2 is 1.82 bits per heavy atom. The number of nitrogens with zero attached hydrogens (tertiary/aromatic N) is 4. The maximum atomic E-state index is 12.6. The fraction of sp³-hybridized carbons (Fsp3) is 0.458. The highest BCUT2D eigenvalue weighted by Gasteiger charge is 2.21. The summed E-state index contributed by atoms with van der Waals surface area (Å²) in [7, 11) is 0. The molecular weight excluding hydrogens is 531 g/mol. The molecule has 1 saturated heterocycles. The van der Waals surface area contributed by atoms with Crippen molar-refractivity contribution in [1.82, 2.24) is 20.5 Å². The molecule has 2 aromatic rings. The fourth-order valence-electron chi connectivity index (χ4n) is 3.65. The molecule has 180 valence electrons. The molecule has 1 fully saturated rings. The zero-order valence-corrected chi connectivity index (χ0v) is 21.5. The van der Waals surface area contributed by atoms with Crippen LogP contribution in [0.15, 0.2) is 59.7 Å². The molecule has 1 aliphatic rings. The van der Waals surface area contributed by atoms with Crippen molar-refractivity contribution in [3.8, 4) is 0 Å². The van der Waals surface area contributed by atoms with E-state index in [4.69, 9.17) is 0 Å². The number of aromatic nitrogens is 1. The number of nitrogens with one attached hydrogen (secondary N) is 2. The van der Waals surface area contributed by atoms with Gasteiger partial charge in [-0.15, -0.1) is 24.0 Å². The number of benzene rings is 1. The van der Waals surface area contributed by atoms with Crippen molar-refractivity contribution in [3.05, 3.63) is 60.3 Å². The van der Waals surface area contributed by atoms with Gasteiger partial charge in [-0.2, -0.15) is 0 Å². The lowest BCUT2D eigenvalue weighted by Gasteiger charge is -2.35. The summed E-state index contributed by atoms with van der Waals surface area (Å²) in [5.41, 5.74) is 0.898. The van der Waals surface area contributed by atoms with Gasteiger partial charge in [-0.3, -0.25) is 9.79 Å². The Kier molecular flexibility index (Phi) is 12.0. The Morgan fingerprint density at radius 1 is 1.09 bits per heavy atom. The number of guanidine groups is 1. The summed E-state index contributed by atoms with van der Waals surface area (Å²) in [5, 5.41) is 16.7. The zero-order chi connectivity index (χ0) is 22.6. The second kappa shape index (κ2) is 14.7. The summed E-state index contributed by atoms with van der Waals surface area (Å²) < 4.78 is 0. The predicted octanol–water partition coefficient (Wildman–Crippen LogP) is 2.42. The van der Waals surface area contributed by atoms with E-state index in [1.54, 1.807) is 6.20 Å². The van der Waals surface area contributed by atoms with E-state index < -0.39 is 6.10 Å². The minimum Gasteiger partial charge on any atom is -0.388 e. The molecule has 2 heterocycles. The van der Waals surface area contributed by atoms with Crippen LogP contribution in [-0.2, 0) is 4.79 Å². The van der Waals surface area contributed by atoms with Gasteiger partial charge in [-0.1, -0.05) is 36.4 Å². The Labute approximate surface area is 213 Å². The van der Waals surface area contributed by atoms with Crippen LogP contribution in [0, 0.1) is 0 Å². The number of carbonyl (C=O) groups is 1. The van der Waals surface area contributed by atoms with Gasteiger partial charge in [0.25, 0.3) is 0 Å². The van der Waals surface area contributed by atoms with Crippen LogP contribution in [0.4, 0.5) is 5.82 Å². The van der Waals surface area contributed by atoms with E-state index in [1.165, 1.54) is 0 Å². The third-order valence-corrected chi connectivity index (χ3v) is 5.44. The normalized spacial score (nSPS) is 14.9. The number of rotatable bonds is 9. The van der Waals surface area contributed by atoms with Crippen molar-refractivity contribution < 1.29 is 9.90 Å². The van der Waals surface area contributed by atoms with E-state index in [0.29, 0.717) is 45.0 Å². The number of hydrogen-bond donors (Lipinski definition) is 3. The number of aliphatic imine (C=N–C) groups is 1. The van der Waals surface area contributed by atoms with Gasteiger partial charge in [-0.05, 0) is 31.0 Å². The molecule has 33 heavy (non-hydrogen) atoms. The summed E-state index contributed by atoms with van der Waals surface area (Å²) in [4.78, 5) is 25.6. The number of aliphatic hydroxyl groups excluding tert-OH is 1. The van der Waals surface area contributed by atoms with Crippen molar-refractivity contribution in [2.24, 2.45) is 4.99 Å². The lowest BCUT2D eigenvalue weighted by Crippen LogP contribution is -2.49. The summed E-state index contributed by atoms with van der Waals surface area (Å²) in [6, 6.07) is 15.5. The molecule has 0 aliphatic carbocycles. The van der Waals surface area contributed by atoms with Crippen LogP contribution in [0.3, 0.4) is 0 Å². The topological polar surface area (TPSA) is 93.1 Å². The van der Waals surface area contributed by atoms with Gasteiger partial charge >= 0.3 is 0 Å². The average Bonchev–Trinajstić information content (AvgIpc) is 2.85. The van der Waals surface area contributed by atoms with Crippen LogP contribution in [0.1, 0.15) is 31.4 Å². The van der Waals surface area contributed by atoms with Gasteiger partial charge in [0, 0.05) is 58.4 Å². The molecule has 8 nitrogen and oxygen atoms in total. The van der Waals surface area contributed by atoms with Crippen LogP contribution in [-0.4, -0.2) is 72.7 Å². The summed E-state index contributed by atoms with van der Waals surface area (Å²) in [5.74, 6) is 1.78. The van der Waals surface area contributed by atoms with E-state index in [2.05, 4.69) is 25.5 Å². The molecule has 0 saturated carbocycles. The Balaban J connectivity index is 0.00000385. The van der Waals surface area contributed by atoms with Crippen LogP contribution < -0.4 is 15.5 Å². The highest BCUT2D eigenvalue weighted by Crippen LogP contribution is 2.15. The third kappa shape index (κ3) is 8.81. The van der Waals surface area contributed by atoms with Gasteiger partial charge in [0.05, 0.1) is 6.10 Å². The van der Waals surface area contributed by atoms with E-state index in [1.807, 2.05) is 60.4 Å². The fourth-order valence-corrected chi connectivity index (χ4v) is 3.65. The molecule has 0 radical (unpaired) electrons. The number of hydrogen-bond acceptors (Lipinski definition) is 5. The van der Waals surface area contributed by atoms with Gasteiger partial charge in [0.1, 0.15) is 5.82 Å². The molecule has 1 unspecified atom stereocenters. The molecule has 9 heteroatoms. The molecule has 1 aromatic carbocycles. The molecule has 1 amide bonds. The van der Waals surface area contributed by atoms with E-state index >= 15 is 0 Å². The minimum atomic E-state index is -0.533. The maximum absolute atomic E-state index is 12.6. The largest absolute Gasteiger partial charge is 0.388 e. The summed E-state index contributed by atoms with van der Waals surface area (Å²) in [6.07, 6.45) is 2.22. The lowest BCUT2D eigenvalue weighted by atomic mass is 10.1. The average molecular weight is 566 g/mol. The van der Waals surface area contributed by atoms with Crippen molar-refractivity contribution in [2.45, 2.75) is 25.9 Å². The SMILES string of the molecule is CCNC(=NCCC(O)c1ccccc1)NCCC(=O)N1CCN(c2ccccn2)CC1.I. The van der Waals surface area contributed by atoms with Crippen LogP contribution in [0.2, 0.25) is 0 Å². The van der Waals surface area contributed by atoms with E-state index in [0.717, 1.165) is 31.0 Å². The molecule has 3 N–H and O–H groups in total. The Morgan fingerprint density at radius 3 is 2.48 bits per heavy atom. The minimum absolute atomic E-state index is 0. The first-order valence-electron chi connectivity index (χ1n) is 11.4. The van der Waals surface area contributed by atoms with Gasteiger partial charge in [0.15, 0.2) is 5.96 Å². The molecular formula is C24H35IN6O2. The zero-order valence-electron chi connectivity index (χ0n) is 19.2. The lowest BCUT2D eigenvalue weighted by molar-refractivity contribution is -0.131. The monoisotopic (exact) mass is 566 g/mol. The second-order valence-electron chi connectivity index (χ2n) is 7.71. The number of amides is 1. The first-order chi connectivity index (χ1) is 15.7. The highest BCUT2D eigenvalue weighted by molar-refractivity contribution is 14.0. The number of anilines is 1. The van der Waals surface area contributed by atoms with E-state index in [9.17, 15) is 9.90 Å². The summed E-state index contributed by atoms with van der Waals surface area (Å²) >= 11 is 0. The van der Waals surface area contributed by atoms with Crippen molar-refractivity contribution in [3.63, 3.8) is 0 Å².